The zero-order chi connectivity index (χ0) is 15.8. The number of hydrogen-bond donors (Lipinski definition) is 2. The Morgan fingerprint density at radius 2 is 2.14 bits per heavy atom. The summed E-state index contributed by atoms with van der Waals surface area (Å²) in [5.41, 5.74) is 0.156. The second-order valence-electron chi connectivity index (χ2n) is 5.91. The SMILES string of the molecule is CN=C(NCCc1cccs1)NCC1(N(C)C)CCOCC1. The van der Waals surface area contributed by atoms with E-state index in [9.17, 15) is 0 Å². The molecule has 1 fully saturated rings. The van der Waals surface area contributed by atoms with Crippen LogP contribution in [0.15, 0.2) is 22.5 Å². The van der Waals surface area contributed by atoms with Gasteiger partial charge in [0.05, 0.1) is 0 Å². The van der Waals surface area contributed by atoms with Gasteiger partial charge in [0.1, 0.15) is 0 Å². The molecule has 0 aromatic carbocycles. The van der Waals surface area contributed by atoms with E-state index < -0.39 is 0 Å². The summed E-state index contributed by atoms with van der Waals surface area (Å²) in [6.07, 6.45) is 3.14. The maximum absolute atomic E-state index is 5.52. The van der Waals surface area contributed by atoms with Crippen molar-refractivity contribution in [1.29, 1.82) is 0 Å². The van der Waals surface area contributed by atoms with Crippen molar-refractivity contribution in [3.8, 4) is 0 Å². The van der Waals surface area contributed by atoms with Crippen molar-refractivity contribution in [3.63, 3.8) is 0 Å². The molecule has 0 radical (unpaired) electrons. The summed E-state index contributed by atoms with van der Waals surface area (Å²) in [5, 5.41) is 9.01. The zero-order valence-corrected chi connectivity index (χ0v) is 14.7. The topological polar surface area (TPSA) is 48.9 Å². The normalized spacial score (nSPS) is 18.5. The standard InChI is InChI=1S/C16H28N4OS/c1-17-15(18-9-6-14-5-4-12-22-14)19-13-16(20(2)3)7-10-21-11-8-16/h4-5,12H,6-11,13H2,1-3H3,(H2,17,18,19). The van der Waals surface area contributed by atoms with E-state index in [2.05, 4.69) is 52.1 Å². The second-order valence-corrected chi connectivity index (χ2v) is 6.95. The third kappa shape index (κ3) is 4.69. The number of nitrogens with one attached hydrogen (secondary N) is 2. The quantitative estimate of drug-likeness (QED) is 0.616. The van der Waals surface area contributed by atoms with Crippen LogP contribution in [-0.4, -0.2) is 63.8 Å². The molecule has 1 saturated heterocycles. The highest BCUT2D eigenvalue weighted by Crippen LogP contribution is 2.24. The van der Waals surface area contributed by atoms with Crippen molar-refractivity contribution in [3.05, 3.63) is 22.4 Å². The maximum atomic E-state index is 5.52. The van der Waals surface area contributed by atoms with Crippen LogP contribution < -0.4 is 10.6 Å². The molecule has 2 N–H and O–H groups in total. The fourth-order valence-electron chi connectivity index (χ4n) is 2.76. The summed E-state index contributed by atoms with van der Waals surface area (Å²) < 4.78 is 5.52. The van der Waals surface area contributed by atoms with Gasteiger partial charge in [-0.2, -0.15) is 0 Å². The molecule has 6 heteroatoms. The largest absolute Gasteiger partial charge is 0.381 e. The van der Waals surface area contributed by atoms with Crippen LogP contribution >= 0.6 is 11.3 Å². The highest BCUT2D eigenvalue weighted by molar-refractivity contribution is 7.09. The van der Waals surface area contributed by atoms with Crippen molar-refractivity contribution in [1.82, 2.24) is 15.5 Å². The Kier molecular flexibility index (Phi) is 6.67. The lowest BCUT2D eigenvalue weighted by molar-refractivity contribution is -0.00500. The summed E-state index contributed by atoms with van der Waals surface area (Å²) in [4.78, 5) is 8.05. The van der Waals surface area contributed by atoms with Gasteiger partial charge in [0, 0.05) is 43.8 Å². The molecule has 0 amide bonds. The van der Waals surface area contributed by atoms with Crippen LogP contribution in [-0.2, 0) is 11.2 Å². The van der Waals surface area contributed by atoms with E-state index >= 15 is 0 Å². The lowest BCUT2D eigenvalue weighted by Gasteiger charge is -2.43. The lowest BCUT2D eigenvalue weighted by atomic mass is 9.88. The van der Waals surface area contributed by atoms with Gasteiger partial charge in [0.15, 0.2) is 5.96 Å². The van der Waals surface area contributed by atoms with Crippen molar-refractivity contribution in [2.24, 2.45) is 4.99 Å². The molecule has 0 unspecified atom stereocenters. The van der Waals surface area contributed by atoms with Gasteiger partial charge in [-0.05, 0) is 44.8 Å². The van der Waals surface area contributed by atoms with Crippen LogP contribution in [0.25, 0.3) is 0 Å². The summed E-state index contributed by atoms with van der Waals surface area (Å²) in [7, 11) is 6.13. The average molecular weight is 324 g/mol. The first-order valence-corrected chi connectivity index (χ1v) is 8.76. The molecule has 0 aliphatic carbocycles. The third-order valence-corrected chi connectivity index (χ3v) is 5.36. The molecule has 0 atom stereocenters. The fourth-order valence-corrected chi connectivity index (χ4v) is 3.47. The number of aliphatic imine (C=N–C) groups is 1. The number of guanidine groups is 1. The average Bonchev–Trinajstić information content (AvgIpc) is 3.04. The first-order valence-electron chi connectivity index (χ1n) is 7.88. The van der Waals surface area contributed by atoms with Crippen molar-refractivity contribution >= 4 is 17.3 Å². The van der Waals surface area contributed by atoms with E-state index in [4.69, 9.17) is 4.74 Å². The van der Waals surface area contributed by atoms with E-state index in [1.165, 1.54) is 4.88 Å². The van der Waals surface area contributed by atoms with Crippen molar-refractivity contribution < 1.29 is 4.74 Å². The van der Waals surface area contributed by atoms with E-state index in [-0.39, 0.29) is 5.54 Å². The molecule has 22 heavy (non-hydrogen) atoms. The molecule has 1 aliphatic rings. The Morgan fingerprint density at radius 3 is 2.73 bits per heavy atom. The van der Waals surface area contributed by atoms with Gasteiger partial charge in [0.25, 0.3) is 0 Å². The number of likely N-dealkylation sites (N-methyl/N-ethyl adjacent to an activating group) is 1. The predicted molar refractivity (Wildman–Crippen MR) is 93.9 cm³/mol. The van der Waals surface area contributed by atoms with Crippen LogP contribution in [0, 0.1) is 0 Å². The van der Waals surface area contributed by atoms with Gasteiger partial charge in [0.2, 0.25) is 0 Å². The van der Waals surface area contributed by atoms with E-state index in [0.717, 1.165) is 51.5 Å². The molecule has 0 bridgehead atoms. The zero-order valence-electron chi connectivity index (χ0n) is 13.9. The van der Waals surface area contributed by atoms with Crippen LogP contribution in [0.4, 0.5) is 0 Å². The Bertz CT molecular complexity index is 453. The van der Waals surface area contributed by atoms with Gasteiger partial charge in [-0.3, -0.25) is 4.99 Å². The molecule has 2 rings (SSSR count). The molecule has 0 spiro atoms. The number of nitrogens with zero attached hydrogens (tertiary/aromatic N) is 2. The molecule has 5 nitrogen and oxygen atoms in total. The van der Waals surface area contributed by atoms with E-state index in [0.29, 0.717) is 0 Å². The summed E-state index contributed by atoms with van der Waals surface area (Å²) in [6, 6.07) is 4.27. The van der Waals surface area contributed by atoms with Crippen LogP contribution in [0.3, 0.4) is 0 Å². The first-order chi connectivity index (χ1) is 10.7. The molecule has 0 saturated carbocycles. The van der Waals surface area contributed by atoms with Crippen molar-refractivity contribution in [2.75, 3.05) is 47.4 Å². The van der Waals surface area contributed by atoms with Crippen molar-refractivity contribution in [2.45, 2.75) is 24.8 Å². The van der Waals surface area contributed by atoms with Gasteiger partial charge in [-0.15, -0.1) is 11.3 Å². The predicted octanol–water partition coefficient (Wildman–Crippen LogP) is 1.57. The number of rotatable bonds is 6. The Hall–Kier alpha value is -1.11. The lowest BCUT2D eigenvalue weighted by Crippen LogP contribution is -2.57. The third-order valence-electron chi connectivity index (χ3n) is 4.42. The van der Waals surface area contributed by atoms with E-state index in [1.54, 1.807) is 11.3 Å². The minimum atomic E-state index is 0.156. The Labute approximate surface area is 137 Å². The Balaban J connectivity index is 1.79. The molecule has 1 aromatic heterocycles. The highest BCUT2D eigenvalue weighted by Gasteiger charge is 2.34. The number of ether oxygens (including phenoxy) is 1. The molecular weight excluding hydrogens is 296 g/mol. The van der Waals surface area contributed by atoms with Gasteiger partial charge in [-0.1, -0.05) is 6.07 Å². The van der Waals surface area contributed by atoms with Gasteiger partial charge >= 0.3 is 0 Å². The summed E-state index contributed by atoms with van der Waals surface area (Å²) in [5.74, 6) is 0.879. The van der Waals surface area contributed by atoms with Crippen LogP contribution in [0.2, 0.25) is 0 Å². The maximum Gasteiger partial charge on any atom is 0.191 e. The number of thiophene rings is 1. The monoisotopic (exact) mass is 324 g/mol. The molecule has 1 aliphatic heterocycles. The fraction of sp³-hybridized carbons (Fsp3) is 0.688. The smallest absolute Gasteiger partial charge is 0.191 e. The highest BCUT2D eigenvalue weighted by atomic mass is 32.1. The minimum Gasteiger partial charge on any atom is -0.381 e. The van der Waals surface area contributed by atoms with Gasteiger partial charge < -0.3 is 20.3 Å². The summed E-state index contributed by atoms with van der Waals surface area (Å²) in [6.45, 7) is 3.47. The number of hydrogen-bond acceptors (Lipinski definition) is 4. The molecule has 2 heterocycles. The molecule has 1 aromatic rings. The van der Waals surface area contributed by atoms with Crippen LogP contribution in [0.5, 0.6) is 0 Å². The molecular formula is C16H28N4OS. The first kappa shape index (κ1) is 17.2. The second kappa shape index (κ2) is 8.50. The minimum absolute atomic E-state index is 0.156. The van der Waals surface area contributed by atoms with Gasteiger partial charge in [-0.25, -0.2) is 0 Å². The molecule has 124 valence electrons. The van der Waals surface area contributed by atoms with Crippen LogP contribution in [0.1, 0.15) is 17.7 Å². The summed E-state index contributed by atoms with van der Waals surface area (Å²) >= 11 is 1.80. The van der Waals surface area contributed by atoms with E-state index in [1.807, 2.05) is 7.05 Å². The Morgan fingerprint density at radius 1 is 1.36 bits per heavy atom.